The first-order valence-electron chi connectivity index (χ1n) is 5.36. The minimum absolute atomic E-state index is 0.320. The maximum absolute atomic E-state index is 5.88. The van der Waals surface area contributed by atoms with Gasteiger partial charge in [0.1, 0.15) is 11.4 Å². The van der Waals surface area contributed by atoms with Gasteiger partial charge in [-0.15, -0.1) is 0 Å². The van der Waals surface area contributed by atoms with E-state index in [0.29, 0.717) is 5.33 Å². The molecule has 88 valence electrons. The van der Waals surface area contributed by atoms with Crippen LogP contribution in [0.4, 0.5) is 0 Å². The third-order valence-electron chi connectivity index (χ3n) is 3.30. The Labute approximate surface area is 105 Å². The molecule has 3 nitrogen and oxygen atoms in total. The summed E-state index contributed by atoms with van der Waals surface area (Å²) < 4.78 is 17.4. The number of halogens is 1. The van der Waals surface area contributed by atoms with Gasteiger partial charge in [0, 0.05) is 0 Å². The molecule has 1 fully saturated rings. The summed E-state index contributed by atoms with van der Waals surface area (Å²) in [7, 11) is -0.405. The van der Waals surface area contributed by atoms with Crippen molar-refractivity contribution >= 4 is 28.7 Å². The van der Waals surface area contributed by atoms with Crippen molar-refractivity contribution < 1.29 is 13.7 Å². The summed E-state index contributed by atoms with van der Waals surface area (Å²) >= 11 is 3.35. The van der Waals surface area contributed by atoms with Crippen LogP contribution in [0.15, 0.2) is 16.5 Å². The highest BCUT2D eigenvalue weighted by Crippen LogP contribution is 2.36. The van der Waals surface area contributed by atoms with Crippen molar-refractivity contribution in [1.82, 2.24) is 0 Å². The quantitative estimate of drug-likeness (QED) is 0.618. The maximum Gasteiger partial charge on any atom is 0.532 e. The second-order valence-electron chi connectivity index (χ2n) is 5.03. The number of hydrogen-bond donors (Lipinski definition) is 0. The van der Waals surface area contributed by atoms with Crippen molar-refractivity contribution in [3.05, 3.63) is 17.9 Å². The first kappa shape index (κ1) is 12.2. The van der Waals surface area contributed by atoms with E-state index >= 15 is 0 Å². The normalized spacial score (nSPS) is 22.7. The van der Waals surface area contributed by atoms with Crippen molar-refractivity contribution in [2.45, 2.75) is 44.2 Å². The van der Waals surface area contributed by atoms with Crippen LogP contribution in [0.2, 0.25) is 0 Å². The molecule has 1 aromatic heterocycles. The highest BCUT2D eigenvalue weighted by atomic mass is 79.9. The molecule has 0 N–H and O–H groups in total. The Kier molecular flexibility index (Phi) is 2.97. The zero-order valence-corrected chi connectivity index (χ0v) is 11.6. The average molecular weight is 287 g/mol. The van der Waals surface area contributed by atoms with Crippen LogP contribution >= 0.6 is 15.9 Å². The second kappa shape index (κ2) is 3.89. The summed E-state index contributed by atoms with van der Waals surface area (Å²) in [5.41, 5.74) is 0.0889. The zero-order chi connectivity index (χ0) is 12.0. The highest BCUT2D eigenvalue weighted by molar-refractivity contribution is 9.08. The molecule has 16 heavy (non-hydrogen) atoms. The smallest absolute Gasteiger partial charge is 0.469 e. The Morgan fingerprint density at radius 1 is 1.12 bits per heavy atom. The molecule has 0 aliphatic carbocycles. The Morgan fingerprint density at radius 2 is 1.69 bits per heavy atom. The van der Waals surface area contributed by atoms with E-state index in [9.17, 15) is 0 Å². The van der Waals surface area contributed by atoms with Gasteiger partial charge in [0.25, 0.3) is 0 Å². The van der Waals surface area contributed by atoms with Crippen LogP contribution in [0.3, 0.4) is 0 Å². The van der Waals surface area contributed by atoms with Gasteiger partial charge < -0.3 is 13.7 Å². The van der Waals surface area contributed by atoms with E-state index in [1.54, 1.807) is 0 Å². The molecule has 0 atom stereocenters. The van der Waals surface area contributed by atoms with E-state index in [-0.39, 0.29) is 11.2 Å². The standard InChI is InChI=1S/C11H16BBrO3/c1-10(2)11(3,4)16-12(15-10)9-6-5-8(7-13)14-9/h5-6H,7H2,1-4H3. The highest BCUT2D eigenvalue weighted by Gasteiger charge is 2.53. The monoisotopic (exact) mass is 286 g/mol. The van der Waals surface area contributed by atoms with Crippen LogP contribution in [0.1, 0.15) is 33.5 Å². The average Bonchev–Trinajstić information content (AvgIpc) is 2.70. The number of alkyl halides is 1. The van der Waals surface area contributed by atoms with Gasteiger partial charge in [0.2, 0.25) is 0 Å². The van der Waals surface area contributed by atoms with E-state index in [1.807, 2.05) is 39.8 Å². The molecule has 1 saturated heterocycles. The topological polar surface area (TPSA) is 31.6 Å². The molecular formula is C11H16BBrO3. The molecule has 1 aliphatic heterocycles. The Bertz CT molecular complexity index is 370. The lowest BCUT2D eigenvalue weighted by Crippen LogP contribution is -2.41. The zero-order valence-electron chi connectivity index (χ0n) is 10.0. The Morgan fingerprint density at radius 3 is 2.12 bits per heavy atom. The Hall–Kier alpha value is -0.255. The predicted molar refractivity (Wildman–Crippen MR) is 67.1 cm³/mol. The summed E-state index contributed by atoms with van der Waals surface area (Å²) in [6, 6.07) is 3.83. The summed E-state index contributed by atoms with van der Waals surface area (Å²) in [6.07, 6.45) is 0. The van der Waals surface area contributed by atoms with Gasteiger partial charge in [-0.25, -0.2) is 0 Å². The summed E-state index contributed by atoms with van der Waals surface area (Å²) in [6.45, 7) is 8.12. The summed E-state index contributed by atoms with van der Waals surface area (Å²) in [5, 5.41) is 0.701. The molecule has 0 unspecified atom stereocenters. The lowest BCUT2D eigenvalue weighted by Gasteiger charge is -2.32. The van der Waals surface area contributed by atoms with E-state index in [4.69, 9.17) is 13.7 Å². The second-order valence-corrected chi connectivity index (χ2v) is 5.59. The fourth-order valence-electron chi connectivity index (χ4n) is 1.55. The van der Waals surface area contributed by atoms with Crippen molar-refractivity contribution in [1.29, 1.82) is 0 Å². The molecule has 1 aliphatic rings. The van der Waals surface area contributed by atoms with Crippen molar-refractivity contribution in [3.8, 4) is 0 Å². The fraction of sp³-hybridized carbons (Fsp3) is 0.636. The molecule has 0 radical (unpaired) electrons. The van der Waals surface area contributed by atoms with Gasteiger partial charge in [-0.2, -0.15) is 0 Å². The van der Waals surface area contributed by atoms with Gasteiger partial charge in [0.15, 0.2) is 0 Å². The number of furan rings is 1. The van der Waals surface area contributed by atoms with Crippen LogP contribution < -0.4 is 5.66 Å². The molecule has 0 saturated carbocycles. The van der Waals surface area contributed by atoms with Gasteiger partial charge in [-0.05, 0) is 39.8 Å². The van der Waals surface area contributed by atoms with E-state index in [2.05, 4.69) is 15.9 Å². The molecule has 5 heteroatoms. The molecular weight excluding hydrogens is 271 g/mol. The lowest BCUT2D eigenvalue weighted by atomic mass is 9.86. The van der Waals surface area contributed by atoms with Gasteiger partial charge in [-0.3, -0.25) is 0 Å². The third-order valence-corrected chi connectivity index (χ3v) is 3.85. The van der Waals surface area contributed by atoms with Crippen molar-refractivity contribution in [3.63, 3.8) is 0 Å². The fourth-order valence-corrected chi connectivity index (χ4v) is 1.85. The van der Waals surface area contributed by atoms with Crippen LogP contribution in [-0.2, 0) is 14.6 Å². The SMILES string of the molecule is CC1(C)OB(c2ccc(CBr)o2)OC1(C)C. The molecule has 0 amide bonds. The minimum Gasteiger partial charge on any atom is -0.469 e. The van der Waals surface area contributed by atoms with Crippen molar-refractivity contribution in [2.24, 2.45) is 0 Å². The number of hydrogen-bond acceptors (Lipinski definition) is 3. The largest absolute Gasteiger partial charge is 0.532 e. The van der Waals surface area contributed by atoms with Crippen molar-refractivity contribution in [2.75, 3.05) is 0 Å². The van der Waals surface area contributed by atoms with Crippen LogP contribution in [0, 0.1) is 0 Å². The first-order chi connectivity index (χ1) is 7.36. The van der Waals surface area contributed by atoms with E-state index in [1.165, 1.54) is 0 Å². The van der Waals surface area contributed by atoms with Crippen LogP contribution in [0.25, 0.3) is 0 Å². The van der Waals surface area contributed by atoms with E-state index < -0.39 is 7.12 Å². The Balaban J connectivity index is 2.20. The van der Waals surface area contributed by atoms with E-state index in [0.717, 1.165) is 11.4 Å². The molecule has 0 bridgehead atoms. The van der Waals surface area contributed by atoms with Gasteiger partial charge in [-0.1, -0.05) is 15.9 Å². The molecule has 1 aromatic rings. The molecule has 2 rings (SSSR count). The third kappa shape index (κ3) is 1.96. The summed E-state index contributed by atoms with van der Waals surface area (Å²) in [5.74, 6) is 0.879. The number of rotatable bonds is 2. The molecule has 2 heterocycles. The molecule has 0 spiro atoms. The molecule has 0 aromatic carbocycles. The first-order valence-corrected chi connectivity index (χ1v) is 6.48. The lowest BCUT2D eigenvalue weighted by molar-refractivity contribution is 0.00578. The van der Waals surface area contributed by atoms with Gasteiger partial charge in [0.05, 0.1) is 16.5 Å². The van der Waals surface area contributed by atoms with Gasteiger partial charge >= 0.3 is 7.12 Å². The van der Waals surface area contributed by atoms with Crippen LogP contribution in [-0.4, -0.2) is 18.3 Å². The minimum atomic E-state index is -0.405. The maximum atomic E-state index is 5.88. The predicted octanol–water partition coefficient (Wildman–Crippen LogP) is 2.47. The van der Waals surface area contributed by atoms with Crippen LogP contribution in [0.5, 0.6) is 0 Å². The summed E-state index contributed by atoms with van der Waals surface area (Å²) in [4.78, 5) is 0.